The van der Waals surface area contributed by atoms with E-state index in [9.17, 15) is 14.4 Å². The number of imide groups is 1. The molecular formula is C8H12N2O3. The van der Waals surface area contributed by atoms with Gasteiger partial charge in [-0.3, -0.25) is 19.7 Å². The van der Waals surface area contributed by atoms with Crippen LogP contribution in [-0.2, 0) is 14.4 Å². The Bertz CT molecular complexity index is 244. The summed E-state index contributed by atoms with van der Waals surface area (Å²) < 4.78 is 0. The number of hydrogen-bond donors (Lipinski definition) is 1. The van der Waals surface area contributed by atoms with Crippen molar-refractivity contribution < 1.29 is 14.4 Å². The normalized spacial score (nSPS) is 17.6. The van der Waals surface area contributed by atoms with E-state index in [-0.39, 0.29) is 24.9 Å². The molecule has 1 N–H and O–H groups in total. The van der Waals surface area contributed by atoms with Crippen molar-refractivity contribution in [2.45, 2.75) is 13.8 Å². The van der Waals surface area contributed by atoms with Crippen molar-refractivity contribution in [3.05, 3.63) is 0 Å². The highest BCUT2D eigenvalue weighted by molar-refractivity contribution is 6.02. The average Bonchev–Trinajstić information content (AvgIpc) is 2.01. The van der Waals surface area contributed by atoms with Crippen LogP contribution in [0.15, 0.2) is 0 Å². The van der Waals surface area contributed by atoms with Crippen molar-refractivity contribution in [2.75, 3.05) is 13.1 Å². The fraction of sp³-hybridized carbons (Fsp3) is 0.625. The third kappa shape index (κ3) is 2.27. The van der Waals surface area contributed by atoms with Crippen molar-refractivity contribution in [1.82, 2.24) is 10.2 Å². The monoisotopic (exact) mass is 184 g/mol. The first-order valence-corrected chi connectivity index (χ1v) is 4.12. The molecule has 5 nitrogen and oxygen atoms in total. The molecule has 1 fully saturated rings. The lowest BCUT2D eigenvalue weighted by molar-refractivity contribution is -0.147. The van der Waals surface area contributed by atoms with E-state index in [1.165, 1.54) is 4.90 Å². The van der Waals surface area contributed by atoms with E-state index in [4.69, 9.17) is 0 Å². The molecule has 0 bridgehead atoms. The number of rotatable bonds is 1. The summed E-state index contributed by atoms with van der Waals surface area (Å²) in [5.41, 5.74) is 0. The van der Waals surface area contributed by atoms with E-state index in [2.05, 4.69) is 5.32 Å². The molecule has 0 aromatic carbocycles. The van der Waals surface area contributed by atoms with Gasteiger partial charge < -0.3 is 4.90 Å². The summed E-state index contributed by atoms with van der Waals surface area (Å²) in [5.74, 6) is -1.17. The van der Waals surface area contributed by atoms with Crippen LogP contribution in [0.5, 0.6) is 0 Å². The van der Waals surface area contributed by atoms with Gasteiger partial charge in [-0.2, -0.15) is 0 Å². The lowest BCUT2D eigenvalue weighted by atomic mass is 10.2. The molecule has 0 saturated carbocycles. The SMILES string of the molecule is CC(C)C(=O)N1CC(=O)NC(=O)C1. The third-order valence-electron chi connectivity index (χ3n) is 1.75. The van der Waals surface area contributed by atoms with Crippen LogP contribution >= 0.6 is 0 Å². The largest absolute Gasteiger partial charge is 0.324 e. The molecule has 3 amide bonds. The van der Waals surface area contributed by atoms with Gasteiger partial charge in [0.05, 0.1) is 0 Å². The predicted molar refractivity (Wildman–Crippen MR) is 44.6 cm³/mol. The lowest BCUT2D eigenvalue weighted by Gasteiger charge is -2.26. The Kier molecular flexibility index (Phi) is 2.65. The second kappa shape index (κ2) is 3.55. The molecular weight excluding hydrogens is 172 g/mol. The van der Waals surface area contributed by atoms with Gasteiger partial charge in [0.1, 0.15) is 13.1 Å². The predicted octanol–water partition coefficient (Wildman–Crippen LogP) is -0.873. The molecule has 1 aliphatic rings. The quantitative estimate of drug-likeness (QED) is 0.538. The van der Waals surface area contributed by atoms with Gasteiger partial charge in [0.25, 0.3) is 0 Å². The second-order valence-electron chi connectivity index (χ2n) is 3.32. The number of carbonyl (C=O) groups is 3. The van der Waals surface area contributed by atoms with E-state index in [1.54, 1.807) is 13.8 Å². The minimum absolute atomic E-state index is 0.0112. The Balaban J connectivity index is 2.65. The Morgan fingerprint density at radius 1 is 1.31 bits per heavy atom. The Hall–Kier alpha value is -1.39. The maximum Gasteiger partial charge on any atom is 0.246 e. The number of carbonyl (C=O) groups excluding carboxylic acids is 3. The number of nitrogens with zero attached hydrogens (tertiary/aromatic N) is 1. The molecule has 72 valence electrons. The van der Waals surface area contributed by atoms with Crippen molar-refractivity contribution >= 4 is 17.7 Å². The van der Waals surface area contributed by atoms with Crippen molar-refractivity contribution in [3.8, 4) is 0 Å². The van der Waals surface area contributed by atoms with Crippen LogP contribution in [0.1, 0.15) is 13.8 Å². The first kappa shape index (κ1) is 9.70. The molecule has 0 aromatic rings. The van der Waals surface area contributed by atoms with Gasteiger partial charge in [-0.05, 0) is 0 Å². The minimum atomic E-state index is -0.412. The van der Waals surface area contributed by atoms with Gasteiger partial charge in [-0.25, -0.2) is 0 Å². The van der Waals surface area contributed by atoms with Crippen LogP contribution in [0, 0.1) is 5.92 Å². The summed E-state index contributed by atoms with van der Waals surface area (Å²) in [7, 11) is 0. The minimum Gasteiger partial charge on any atom is -0.324 e. The molecule has 0 unspecified atom stereocenters. The third-order valence-corrected chi connectivity index (χ3v) is 1.75. The maximum atomic E-state index is 11.4. The van der Waals surface area contributed by atoms with Crippen LogP contribution < -0.4 is 5.32 Å². The van der Waals surface area contributed by atoms with Crippen LogP contribution in [0.2, 0.25) is 0 Å². The molecule has 0 atom stereocenters. The highest BCUT2D eigenvalue weighted by Crippen LogP contribution is 2.03. The van der Waals surface area contributed by atoms with Gasteiger partial charge in [-0.15, -0.1) is 0 Å². The Labute approximate surface area is 76.1 Å². The van der Waals surface area contributed by atoms with Gasteiger partial charge >= 0.3 is 0 Å². The smallest absolute Gasteiger partial charge is 0.246 e. The standard InChI is InChI=1S/C8H12N2O3/c1-5(2)8(13)10-3-6(11)9-7(12)4-10/h5H,3-4H2,1-2H3,(H,9,11,12). The first-order valence-electron chi connectivity index (χ1n) is 4.12. The van der Waals surface area contributed by atoms with Crippen LogP contribution in [0.25, 0.3) is 0 Å². The fourth-order valence-electron chi connectivity index (χ4n) is 1.16. The van der Waals surface area contributed by atoms with Crippen LogP contribution in [-0.4, -0.2) is 35.7 Å². The van der Waals surface area contributed by atoms with Gasteiger partial charge in [-0.1, -0.05) is 13.8 Å². The number of amides is 3. The van der Waals surface area contributed by atoms with Crippen molar-refractivity contribution in [1.29, 1.82) is 0 Å². The zero-order valence-electron chi connectivity index (χ0n) is 7.66. The zero-order valence-corrected chi connectivity index (χ0v) is 7.66. The summed E-state index contributed by atoms with van der Waals surface area (Å²) >= 11 is 0. The number of piperazine rings is 1. The zero-order chi connectivity index (χ0) is 10.0. The van der Waals surface area contributed by atoms with Gasteiger partial charge in [0.15, 0.2) is 0 Å². The molecule has 5 heteroatoms. The Morgan fingerprint density at radius 2 is 1.77 bits per heavy atom. The topological polar surface area (TPSA) is 66.5 Å². The highest BCUT2D eigenvalue weighted by atomic mass is 16.2. The van der Waals surface area contributed by atoms with E-state index in [0.717, 1.165) is 0 Å². The fourth-order valence-corrected chi connectivity index (χ4v) is 1.16. The second-order valence-corrected chi connectivity index (χ2v) is 3.32. The summed E-state index contributed by atoms with van der Waals surface area (Å²) in [6.45, 7) is 3.45. The van der Waals surface area contributed by atoms with E-state index < -0.39 is 11.8 Å². The lowest BCUT2D eigenvalue weighted by Crippen LogP contribution is -2.54. The van der Waals surface area contributed by atoms with Gasteiger partial charge in [0, 0.05) is 5.92 Å². The number of nitrogens with one attached hydrogen (secondary N) is 1. The molecule has 0 aliphatic carbocycles. The van der Waals surface area contributed by atoms with Crippen molar-refractivity contribution in [2.24, 2.45) is 5.92 Å². The summed E-state index contributed by atoms with van der Waals surface area (Å²) in [6, 6.07) is 0. The Morgan fingerprint density at radius 3 is 2.15 bits per heavy atom. The molecule has 0 radical (unpaired) electrons. The summed E-state index contributed by atoms with van der Waals surface area (Å²) in [4.78, 5) is 34.4. The first-order chi connectivity index (χ1) is 6.00. The molecule has 1 rings (SSSR count). The molecule has 13 heavy (non-hydrogen) atoms. The van der Waals surface area contributed by atoms with Crippen molar-refractivity contribution in [3.63, 3.8) is 0 Å². The maximum absolute atomic E-state index is 11.4. The summed E-state index contributed by atoms with van der Waals surface area (Å²) in [5, 5.41) is 2.13. The van der Waals surface area contributed by atoms with E-state index in [1.807, 2.05) is 0 Å². The highest BCUT2D eigenvalue weighted by Gasteiger charge is 2.27. The van der Waals surface area contributed by atoms with E-state index in [0.29, 0.717) is 0 Å². The molecule has 1 aliphatic heterocycles. The van der Waals surface area contributed by atoms with Crippen LogP contribution in [0.3, 0.4) is 0 Å². The summed E-state index contributed by atoms with van der Waals surface area (Å²) in [6.07, 6.45) is 0. The van der Waals surface area contributed by atoms with E-state index >= 15 is 0 Å². The molecule has 1 saturated heterocycles. The van der Waals surface area contributed by atoms with Crippen LogP contribution in [0.4, 0.5) is 0 Å². The average molecular weight is 184 g/mol. The molecule has 1 heterocycles. The molecule has 0 spiro atoms. The van der Waals surface area contributed by atoms with Gasteiger partial charge in [0.2, 0.25) is 17.7 Å². The number of hydrogen-bond acceptors (Lipinski definition) is 3. The molecule has 0 aromatic heterocycles.